The number of thiazole rings is 1. The molecule has 2 aliphatic rings. The maximum absolute atomic E-state index is 13.1. The Kier molecular flexibility index (Phi) is 5.94. The molecule has 1 amide bonds. The fourth-order valence-corrected chi connectivity index (χ4v) is 4.12. The minimum absolute atomic E-state index is 0.213. The van der Waals surface area contributed by atoms with Gasteiger partial charge >= 0.3 is 0 Å². The summed E-state index contributed by atoms with van der Waals surface area (Å²) >= 11 is 1.46. The summed E-state index contributed by atoms with van der Waals surface area (Å²) in [5, 5.41) is 0.636. The molecule has 1 aromatic heterocycles. The Morgan fingerprint density at radius 2 is 2.14 bits per heavy atom. The van der Waals surface area contributed by atoms with E-state index in [2.05, 4.69) is 9.88 Å². The lowest BCUT2D eigenvalue weighted by Gasteiger charge is -2.29. The topological polar surface area (TPSA) is 73.4 Å². The summed E-state index contributed by atoms with van der Waals surface area (Å²) in [4.78, 5) is 21.8. The summed E-state index contributed by atoms with van der Waals surface area (Å²) in [5.74, 6) is 0.740. The summed E-state index contributed by atoms with van der Waals surface area (Å²) in [5.41, 5.74) is 0.833. The van der Waals surface area contributed by atoms with E-state index in [9.17, 15) is 4.79 Å². The Labute approximate surface area is 167 Å². The van der Waals surface area contributed by atoms with Gasteiger partial charge in [-0.3, -0.25) is 14.6 Å². The van der Waals surface area contributed by atoms with E-state index in [-0.39, 0.29) is 11.7 Å². The first-order valence-corrected chi connectivity index (χ1v) is 10.1. The van der Waals surface area contributed by atoms with Crippen LogP contribution in [0.5, 0.6) is 5.75 Å². The Morgan fingerprint density at radius 1 is 1.29 bits per heavy atom. The van der Waals surface area contributed by atoms with E-state index in [1.807, 2.05) is 18.2 Å². The largest absolute Gasteiger partial charge is 0.497 e. The number of hydrogen-bond donors (Lipinski definition) is 0. The number of aromatic nitrogens is 1. The third kappa shape index (κ3) is 4.21. The molecule has 8 nitrogen and oxygen atoms in total. The van der Waals surface area contributed by atoms with Gasteiger partial charge in [-0.25, -0.2) is 4.98 Å². The minimum Gasteiger partial charge on any atom is -0.497 e. The Bertz CT molecular complexity index is 862. The molecule has 0 saturated carbocycles. The SMILES string of the molecule is COc1ccc2nc(N(CCN3CCOCC3)C(=O)C3=COCCO3)sc2c1. The van der Waals surface area contributed by atoms with Crippen LogP contribution in [0.15, 0.2) is 30.2 Å². The zero-order valence-corrected chi connectivity index (χ0v) is 16.6. The van der Waals surface area contributed by atoms with Crippen LogP contribution in [-0.2, 0) is 19.0 Å². The van der Waals surface area contributed by atoms with E-state index in [1.54, 1.807) is 12.0 Å². The van der Waals surface area contributed by atoms with E-state index in [0.717, 1.165) is 48.8 Å². The molecular weight excluding hydrogens is 382 g/mol. The summed E-state index contributed by atoms with van der Waals surface area (Å²) in [6.45, 7) is 5.23. The van der Waals surface area contributed by atoms with Gasteiger partial charge in [-0.15, -0.1) is 0 Å². The molecule has 0 spiro atoms. The molecule has 28 heavy (non-hydrogen) atoms. The lowest BCUT2D eigenvalue weighted by Crippen LogP contribution is -2.44. The number of methoxy groups -OCH3 is 1. The van der Waals surface area contributed by atoms with Crippen molar-refractivity contribution in [1.29, 1.82) is 0 Å². The van der Waals surface area contributed by atoms with Gasteiger partial charge < -0.3 is 18.9 Å². The van der Waals surface area contributed by atoms with Crippen LogP contribution in [0.25, 0.3) is 10.2 Å². The second-order valence-electron chi connectivity index (χ2n) is 6.44. The molecule has 0 atom stereocenters. The monoisotopic (exact) mass is 405 g/mol. The molecule has 0 bridgehead atoms. The average Bonchev–Trinajstić information content (AvgIpc) is 3.18. The number of carbonyl (C=O) groups excluding carboxylic acids is 1. The molecule has 150 valence electrons. The Balaban J connectivity index is 1.59. The smallest absolute Gasteiger partial charge is 0.298 e. The lowest BCUT2D eigenvalue weighted by molar-refractivity contribution is -0.119. The normalized spacial score (nSPS) is 17.5. The Hall–Kier alpha value is -2.36. The summed E-state index contributed by atoms with van der Waals surface area (Å²) in [6.07, 6.45) is 1.39. The molecule has 0 N–H and O–H groups in total. The number of carbonyl (C=O) groups is 1. The van der Waals surface area contributed by atoms with Gasteiger partial charge in [0.1, 0.15) is 25.2 Å². The number of nitrogens with zero attached hydrogens (tertiary/aromatic N) is 3. The molecule has 3 heterocycles. The maximum atomic E-state index is 13.1. The predicted molar refractivity (Wildman–Crippen MR) is 106 cm³/mol. The van der Waals surface area contributed by atoms with Crippen molar-refractivity contribution in [2.75, 3.05) is 64.6 Å². The van der Waals surface area contributed by atoms with Gasteiger partial charge in [0.05, 0.1) is 30.5 Å². The van der Waals surface area contributed by atoms with Gasteiger partial charge in [0.15, 0.2) is 5.13 Å². The first kappa shape index (κ1) is 19.0. The second kappa shape index (κ2) is 8.76. The van der Waals surface area contributed by atoms with Gasteiger partial charge in [0.25, 0.3) is 5.91 Å². The molecule has 0 radical (unpaired) electrons. The number of rotatable bonds is 6. The van der Waals surface area contributed by atoms with Crippen LogP contribution >= 0.6 is 11.3 Å². The van der Waals surface area contributed by atoms with Crippen molar-refractivity contribution < 1.29 is 23.7 Å². The van der Waals surface area contributed by atoms with E-state index < -0.39 is 0 Å². The average molecular weight is 405 g/mol. The molecular formula is C19H23N3O5S. The van der Waals surface area contributed by atoms with Crippen molar-refractivity contribution in [2.45, 2.75) is 0 Å². The zero-order chi connectivity index (χ0) is 19.3. The van der Waals surface area contributed by atoms with Crippen molar-refractivity contribution in [3.05, 3.63) is 30.2 Å². The first-order chi connectivity index (χ1) is 13.7. The van der Waals surface area contributed by atoms with Gasteiger partial charge in [0.2, 0.25) is 5.76 Å². The van der Waals surface area contributed by atoms with E-state index in [4.69, 9.17) is 18.9 Å². The number of morpholine rings is 1. The van der Waals surface area contributed by atoms with E-state index in [0.29, 0.717) is 24.9 Å². The molecule has 1 aromatic carbocycles. The van der Waals surface area contributed by atoms with E-state index >= 15 is 0 Å². The number of fused-ring (bicyclic) bond motifs is 1. The van der Waals surface area contributed by atoms with Crippen LogP contribution in [0.3, 0.4) is 0 Å². The molecule has 2 aromatic rings. The van der Waals surface area contributed by atoms with Crippen molar-refractivity contribution in [3.8, 4) is 5.75 Å². The molecule has 4 rings (SSSR count). The summed E-state index contributed by atoms with van der Waals surface area (Å²) < 4.78 is 22.5. The van der Waals surface area contributed by atoms with Crippen LogP contribution in [0, 0.1) is 0 Å². The van der Waals surface area contributed by atoms with Crippen molar-refractivity contribution in [1.82, 2.24) is 9.88 Å². The summed E-state index contributed by atoms with van der Waals surface area (Å²) in [7, 11) is 1.63. The number of benzene rings is 1. The van der Waals surface area contributed by atoms with Crippen LogP contribution in [0.4, 0.5) is 5.13 Å². The number of anilines is 1. The van der Waals surface area contributed by atoms with Gasteiger partial charge in [-0.1, -0.05) is 11.3 Å². The third-order valence-corrected chi connectivity index (χ3v) is 5.70. The van der Waals surface area contributed by atoms with Crippen LogP contribution in [0.2, 0.25) is 0 Å². The minimum atomic E-state index is -0.237. The third-order valence-electron chi connectivity index (χ3n) is 4.66. The van der Waals surface area contributed by atoms with Crippen LogP contribution < -0.4 is 9.64 Å². The van der Waals surface area contributed by atoms with Crippen molar-refractivity contribution >= 4 is 32.6 Å². The Morgan fingerprint density at radius 3 is 2.89 bits per heavy atom. The zero-order valence-electron chi connectivity index (χ0n) is 15.8. The highest BCUT2D eigenvalue weighted by Gasteiger charge is 2.27. The molecule has 0 aliphatic carbocycles. The summed E-state index contributed by atoms with van der Waals surface area (Å²) in [6, 6.07) is 5.70. The molecule has 0 unspecified atom stereocenters. The molecule has 2 aliphatic heterocycles. The van der Waals surface area contributed by atoms with Crippen molar-refractivity contribution in [2.24, 2.45) is 0 Å². The number of ether oxygens (including phenoxy) is 4. The highest BCUT2D eigenvalue weighted by Crippen LogP contribution is 2.32. The second-order valence-corrected chi connectivity index (χ2v) is 7.45. The molecule has 1 saturated heterocycles. The standard InChI is InChI=1S/C19H23N3O5S/c1-24-14-2-3-15-17(12-14)28-19(20-15)22(5-4-21-6-8-25-9-7-21)18(23)16-13-26-10-11-27-16/h2-3,12-13H,4-11H2,1H3. The maximum Gasteiger partial charge on any atom is 0.298 e. The van der Waals surface area contributed by atoms with Crippen LogP contribution in [-0.4, -0.2) is 75.5 Å². The first-order valence-electron chi connectivity index (χ1n) is 9.26. The predicted octanol–water partition coefficient (Wildman–Crippen LogP) is 1.86. The van der Waals surface area contributed by atoms with E-state index in [1.165, 1.54) is 17.6 Å². The van der Waals surface area contributed by atoms with Crippen molar-refractivity contribution in [3.63, 3.8) is 0 Å². The molecule has 1 fully saturated rings. The van der Waals surface area contributed by atoms with Gasteiger partial charge in [-0.2, -0.15) is 0 Å². The van der Waals surface area contributed by atoms with Crippen LogP contribution in [0.1, 0.15) is 0 Å². The van der Waals surface area contributed by atoms with Gasteiger partial charge in [-0.05, 0) is 18.2 Å². The highest BCUT2D eigenvalue weighted by atomic mass is 32.1. The lowest BCUT2D eigenvalue weighted by atomic mass is 10.3. The number of hydrogen-bond acceptors (Lipinski definition) is 8. The highest BCUT2D eigenvalue weighted by molar-refractivity contribution is 7.22. The fraction of sp³-hybridized carbons (Fsp3) is 0.474. The molecule has 9 heteroatoms. The quantitative estimate of drug-likeness (QED) is 0.726. The van der Waals surface area contributed by atoms with Gasteiger partial charge in [0, 0.05) is 26.2 Å². The fourth-order valence-electron chi connectivity index (χ4n) is 3.10. The number of amides is 1.